The summed E-state index contributed by atoms with van der Waals surface area (Å²) in [5.41, 5.74) is 0. The molecule has 2 amide bonds. The van der Waals surface area contributed by atoms with Crippen molar-refractivity contribution in [3.05, 3.63) is 0 Å². The Balaban J connectivity index is 1.40. The highest BCUT2D eigenvalue weighted by molar-refractivity contribution is 5.83. The third kappa shape index (κ3) is 4.69. The van der Waals surface area contributed by atoms with E-state index in [1.54, 1.807) is 0 Å². The van der Waals surface area contributed by atoms with Gasteiger partial charge in [0, 0.05) is 31.7 Å². The Hall–Kier alpha value is -1.10. The molecular weight excluding hydrogens is 292 g/mol. The van der Waals surface area contributed by atoms with E-state index < -0.39 is 0 Å². The van der Waals surface area contributed by atoms with Gasteiger partial charge < -0.3 is 15.0 Å². The van der Waals surface area contributed by atoms with Crippen LogP contribution in [0.1, 0.15) is 58.3 Å². The van der Waals surface area contributed by atoms with Gasteiger partial charge in [-0.3, -0.25) is 9.59 Å². The van der Waals surface area contributed by atoms with Crippen LogP contribution in [0, 0.1) is 11.8 Å². The van der Waals surface area contributed by atoms with Crippen molar-refractivity contribution in [1.82, 2.24) is 10.2 Å². The highest BCUT2D eigenvalue weighted by atomic mass is 16.5. The summed E-state index contributed by atoms with van der Waals surface area (Å²) in [6.07, 6.45) is 8.61. The second-order valence-corrected chi connectivity index (χ2v) is 7.52. The van der Waals surface area contributed by atoms with E-state index in [4.69, 9.17) is 4.74 Å². The lowest BCUT2D eigenvalue weighted by Gasteiger charge is -2.33. The number of carbonyl (C=O) groups excluding carboxylic acids is 2. The Bertz CT molecular complexity index is 430. The van der Waals surface area contributed by atoms with E-state index in [-0.39, 0.29) is 29.7 Å². The van der Waals surface area contributed by atoms with Crippen LogP contribution < -0.4 is 5.32 Å². The number of likely N-dealkylation sites (tertiary alicyclic amines) is 1. The first-order valence-corrected chi connectivity index (χ1v) is 9.34. The van der Waals surface area contributed by atoms with Gasteiger partial charge in [0.1, 0.15) is 0 Å². The molecule has 3 aliphatic rings. The van der Waals surface area contributed by atoms with Crippen LogP contribution in [0.3, 0.4) is 0 Å². The van der Waals surface area contributed by atoms with Gasteiger partial charge in [0.15, 0.2) is 0 Å². The smallest absolute Gasteiger partial charge is 0.225 e. The van der Waals surface area contributed by atoms with E-state index in [1.165, 1.54) is 6.42 Å². The van der Waals surface area contributed by atoms with Crippen molar-refractivity contribution in [2.75, 3.05) is 19.7 Å². The van der Waals surface area contributed by atoms with Gasteiger partial charge in [-0.25, -0.2) is 0 Å². The summed E-state index contributed by atoms with van der Waals surface area (Å²) in [5.74, 6) is 0.617. The van der Waals surface area contributed by atoms with Crippen molar-refractivity contribution in [2.45, 2.75) is 70.4 Å². The molecule has 1 saturated carbocycles. The molecule has 2 saturated heterocycles. The monoisotopic (exact) mass is 322 g/mol. The molecule has 0 spiro atoms. The van der Waals surface area contributed by atoms with Crippen LogP contribution in [0.15, 0.2) is 0 Å². The van der Waals surface area contributed by atoms with Crippen LogP contribution in [-0.2, 0) is 14.3 Å². The highest BCUT2D eigenvalue weighted by Gasteiger charge is 2.36. The molecule has 5 heteroatoms. The number of hydrogen-bond acceptors (Lipinski definition) is 3. The zero-order valence-electron chi connectivity index (χ0n) is 14.3. The van der Waals surface area contributed by atoms with Gasteiger partial charge >= 0.3 is 0 Å². The number of ether oxygens (including phenoxy) is 1. The Labute approximate surface area is 139 Å². The fourth-order valence-corrected chi connectivity index (χ4v) is 3.72. The van der Waals surface area contributed by atoms with E-state index in [9.17, 15) is 9.59 Å². The minimum Gasteiger partial charge on any atom is -0.378 e. The fourth-order valence-electron chi connectivity index (χ4n) is 3.72. The van der Waals surface area contributed by atoms with Crippen LogP contribution in [0.5, 0.6) is 0 Å². The largest absolute Gasteiger partial charge is 0.378 e. The molecule has 2 heterocycles. The summed E-state index contributed by atoms with van der Waals surface area (Å²) in [5, 5.41) is 3.15. The third-order valence-corrected chi connectivity index (χ3v) is 5.36. The first kappa shape index (κ1) is 16.7. The van der Waals surface area contributed by atoms with Crippen LogP contribution in [0.4, 0.5) is 0 Å². The highest BCUT2D eigenvalue weighted by Crippen LogP contribution is 2.32. The number of rotatable bonds is 6. The van der Waals surface area contributed by atoms with Crippen molar-refractivity contribution < 1.29 is 14.3 Å². The topological polar surface area (TPSA) is 58.6 Å². The van der Waals surface area contributed by atoms with Crippen molar-refractivity contribution in [2.24, 2.45) is 11.8 Å². The standard InChI is InChI=1S/C18H30N2O3/c1-13(6-9-16-5-3-11-23-16)19-17(21)15-4-2-10-20(12-15)18(22)14-7-8-14/h13-16H,2-12H2,1H3,(H,19,21)/t13-,15+,16-/m1/s1. The number of nitrogens with one attached hydrogen (secondary N) is 1. The van der Waals surface area contributed by atoms with E-state index >= 15 is 0 Å². The zero-order valence-corrected chi connectivity index (χ0v) is 14.3. The molecule has 3 rings (SSSR count). The second-order valence-electron chi connectivity index (χ2n) is 7.52. The maximum Gasteiger partial charge on any atom is 0.225 e. The van der Waals surface area contributed by atoms with Gasteiger partial charge in [0.25, 0.3) is 0 Å². The Kier molecular flexibility index (Phi) is 5.57. The second kappa shape index (κ2) is 7.65. The summed E-state index contributed by atoms with van der Waals surface area (Å²) < 4.78 is 5.64. The maximum atomic E-state index is 12.5. The van der Waals surface area contributed by atoms with Gasteiger partial charge in [-0.2, -0.15) is 0 Å². The van der Waals surface area contributed by atoms with Crippen LogP contribution in [-0.4, -0.2) is 48.6 Å². The summed E-state index contributed by atoms with van der Waals surface area (Å²) in [6.45, 7) is 4.40. The number of nitrogens with zero attached hydrogens (tertiary/aromatic N) is 1. The molecule has 1 N–H and O–H groups in total. The third-order valence-electron chi connectivity index (χ3n) is 5.36. The molecule has 2 aliphatic heterocycles. The summed E-state index contributed by atoms with van der Waals surface area (Å²) in [6, 6.07) is 0.182. The SMILES string of the molecule is C[C@H](CC[C@H]1CCCO1)NC(=O)[C@H]1CCCN(C(=O)C2CC2)C1. The number of piperidine rings is 1. The number of carbonyl (C=O) groups is 2. The molecular formula is C18H30N2O3. The first-order chi connectivity index (χ1) is 11.1. The predicted molar refractivity (Wildman–Crippen MR) is 87.8 cm³/mol. The van der Waals surface area contributed by atoms with Crippen molar-refractivity contribution >= 4 is 11.8 Å². The average molecular weight is 322 g/mol. The van der Waals surface area contributed by atoms with Crippen LogP contribution in [0.2, 0.25) is 0 Å². The van der Waals surface area contributed by atoms with Gasteiger partial charge in [-0.1, -0.05) is 0 Å². The van der Waals surface area contributed by atoms with Crippen LogP contribution in [0.25, 0.3) is 0 Å². The van der Waals surface area contributed by atoms with Crippen molar-refractivity contribution in [1.29, 1.82) is 0 Å². The molecule has 5 nitrogen and oxygen atoms in total. The van der Waals surface area contributed by atoms with Crippen molar-refractivity contribution in [3.63, 3.8) is 0 Å². The molecule has 0 aromatic heterocycles. The van der Waals surface area contributed by atoms with E-state index in [0.29, 0.717) is 12.6 Å². The zero-order chi connectivity index (χ0) is 16.2. The van der Waals surface area contributed by atoms with Crippen molar-refractivity contribution in [3.8, 4) is 0 Å². The molecule has 23 heavy (non-hydrogen) atoms. The van der Waals surface area contributed by atoms with Crippen LogP contribution >= 0.6 is 0 Å². The number of amides is 2. The normalized spacial score (nSPS) is 29.3. The molecule has 0 aromatic carbocycles. The first-order valence-electron chi connectivity index (χ1n) is 9.34. The number of hydrogen-bond donors (Lipinski definition) is 1. The quantitative estimate of drug-likeness (QED) is 0.815. The molecule has 3 fully saturated rings. The lowest BCUT2D eigenvalue weighted by molar-refractivity contribution is -0.137. The Morgan fingerprint density at radius 2 is 2.00 bits per heavy atom. The van der Waals surface area contributed by atoms with Gasteiger partial charge in [0.2, 0.25) is 11.8 Å². The fraction of sp³-hybridized carbons (Fsp3) is 0.889. The van der Waals surface area contributed by atoms with Gasteiger partial charge in [-0.05, 0) is 58.3 Å². The van der Waals surface area contributed by atoms with E-state index in [1.807, 2.05) is 4.90 Å². The minimum atomic E-state index is -0.0309. The Morgan fingerprint density at radius 1 is 1.17 bits per heavy atom. The Morgan fingerprint density at radius 3 is 2.70 bits per heavy atom. The van der Waals surface area contributed by atoms with Gasteiger partial charge in [0.05, 0.1) is 12.0 Å². The lowest BCUT2D eigenvalue weighted by Crippen LogP contribution is -2.47. The van der Waals surface area contributed by atoms with Gasteiger partial charge in [-0.15, -0.1) is 0 Å². The molecule has 3 atom stereocenters. The van der Waals surface area contributed by atoms with E-state index in [2.05, 4.69) is 12.2 Å². The van der Waals surface area contributed by atoms with E-state index in [0.717, 1.165) is 58.1 Å². The predicted octanol–water partition coefficient (Wildman–Crippen LogP) is 2.10. The molecule has 0 unspecified atom stereocenters. The molecule has 1 aliphatic carbocycles. The molecule has 0 radical (unpaired) electrons. The maximum absolute atomic E-state index is 12.5. The lowest BCUT2D eigenvalue weighted by atomic mass is 9.96. The minimum absolute atomic E-state index is 0.0309. The average Bonchev–Trinajstić information content (AvgIpc) is 3.28. The molecule has 0 bridgehead atoms. The molecule has 130 valence electrons. The summed E-state index contributed by atoms with van der Waals surface area (Å²) >= 11 is 0. The summed E-state index contributed by atoms with van der Waals surface area (Å²) in [7, 11) is 0. The molecule has 0 aromatic rings. The summed E-state index contributed by atoms with van der Waals surface area (Å²) in [4.78, 5) is 26.6.